The number of benzene rings is 1. The van der Waals surface area contributed by atoms with Crippen LogP contribution in [0.5, 0.6) is 0 Å². The van der Waals surface area contributed by atoms with E-state index in [0.717, 1.165) is 35.2 Å². The summed E-state index contributed by atoms with van der Waals surface area (Å²) in [4.78, 5) is 4.67. The molecule has 0 bridgehead atoms. The number of hydrogen-bond donors (Lipinski definition) is 0. The highest BCUT2D eigenvalue weighted by molar-refractivity contribution is 7.90. The van der Waals surface area contributed by atoms with Gasteiger partial charge in [0.05, 0.1) is 10.6 Å². The van der Waals surface area contributed by atoms with E-state index in [1.54, 1.807) is 12.1 Å². The molecule has 1 aromatic heterocycles. The maximum atomic E-state index is 11.7. The van der Waals surface area contributed by atoms with Gasteiger partial charge >= 0.3 is 0 Å². The average molecular weight is 372 g/mol. The average Bonchev–Trinajstić information content (AvgIpc) is 2.96. The van der Waals surface area contributed by atoms with Crippen LogP contribution in [-0.2, 0) is 9.84 Å². The van der Waals surface area contributed by atoms with Crippen LogP contribution >= 0.6 is 11.6 Å². The summed E-state index contributed by atoms with van der Waals surface area (Å²) in [5.74, 6) is 0. The molecule has 1 aromatic carbocycles. The van der Waals surface area contributed by atoms with Crippen molar-refractivity contribution >= 4 is 32.6 Å². The topological polar surface area (TPSA) is 47.0 Å². The summed E-state index contributed by atoms with van der Waals surface area (Å²) in [6.07, 6.45) is 10.8. The monoisotopic (exact) mass is 371 g/mol. The Morgan fingerprint density at radius 3 is 2.20 bits per heavy atom. The van der Waals surface area contributed by atoms with Crippen LogP contribution in [0, 0.1) is 5.41 Å². The summed E-state index contributed by atoms with van der Waals surface area (Å²) in [5.41, 5.74) is 4.26. The predicted octanol–water partition coefficient (Wildman–Crippen LogP) is 4.79. The van der Waals surface area contributed by atoms with Crippen molar-refractivity contribution in [3.05, 3.63) is 71.0 Å². The number of nitrogens with zero attached hydrogens (tertiary/aromatic N) is 1. The molecule has 3 nitrogen and oxygen atoms in total. The summed E-state index contributed by atoms with van der Waals surface area (Å²) in [5, 5.41) is 0.710. The highest BCUT2D eigenvalue weighted by Gasteiger charge is 2.38. The first-order chi connectivity index (χ1) is 11.9. The molecule has 0 aliphatic heterocycles. The van der Waals surface area contributed by atoms with Gasteiger partial charge < -0.3 is 0 Å². The van der Waals surface area contributed by atoms with Crippen molar-refractivity contribution in [1.82, 2.24) is 4.98 Å². The second-order valence-electron chi connectivity index (χ2n) is 6.86. The van der Waals surface area contributed by atoms with Crippen LogP contribution in [-0.4, -0.2) is 19.7 Å². The maximum absolute atomic E-state index is 11.7. The predicted molar refractivity (Wildman–Crippen MR) is 101 cm³/mol. The van der Waals surface area contributed by atoms with E-state index < -0.39 is 9.84 Å². The number of rotatable bonds is 3. The van der Waals surface area contributed by atoms with Gasteiger partial charge in [0.25, 0.3) is 0 Å². The van der Waals surface area contributed by atoms with E-state index in [0.29, 0.717) is 5.02 Å². The molecule has 0 unspecified atom stereocenters. The van der Waals surface area contributed by atoms with Crippen molar-refractivity contribution < 1.29 is 8.42 Å². The summed E-state index contributed by atoms with van der Waals surface area (Å²) < 4.78 is 23.3. The summed E-state index contributed by atoms with van der Waals surface area (Å²) in [7, 11) is -3.24. The Balaban J connectivity index is 1.77. The van der Waals surface area contributed by atoms with Crippen molar-refractivity contribution in [2.45, 2.75) is 24.2 Å². The number of allylic oxidation sites excluding steroid dienone is 4. The lowest BCUT2D eigenvalue weighted by atomic mass is 9.70. The molecule has 1 saturated carbocycles. The number of hydrogen-bond acceptors (Lipinski definition) is 3. The highest BCUT2D eigenvalue weighted by atomic mass is 35.5. The fourth-order valence-electron chi connectivity index (χ4n) is 3.48. The van der Waals surface area contributed by atoms with E-state index in [2.05, 4.69) is 17.1 Å². The first-order valence-electron chi connectivity index (χ1n) is 8.25. The quantitative estimate of drug-likeness (QED) is 0.779. The molecule has 0 radical (unpaired) electrons. The van der Waals surface area contributed by atoms with Gasteiger partial charge in [-0.2, -0.15) is 0 Å². The maximum Gasteiger partial charge on any atom is 0.177 e. The van der Waals surface area contributed by atoms with Crippen molar-refractivity contribution in [2.24, 2.45) is 5.41 Å². The summed E-state index contributed by atoms with van der Waals surface area (Å²) in [6, 6.07) is 11.2. The molecule has 0 saturated heterocycles. The van der Waals surface area contributed by atoms with Crippen molar-refractivity contribution in [1.29, 1.82) is 0 Å². The minimum absolute atomic E-state index is 0.126. The zero-order valence-corrected chi connectivity index (χ0v) is 15.4. The van der Waals surface area contributed by atoms with E-state index >= 15 is 0 Å². The third-order valence-electron chi connectivity index (χ3n) is 5.03. The van der Waals surface area contributed by atoms with Gasteiger partial charge in [-0.25, -0.2) is 8.42 Å². The Labute approximate surface area is 153 Å². The Hall–Kier alpha value is -1.91. The molecule has 0 amide bonds. The molecule has 25 heavy (non-hydrogen) atoms. The number of aromatic nitrogens is 1. The summed E-state index contributed by atoms with van der Waals surface area (Å²) >= 11 is 6.02. The molecule has 4 rings (SSSR count). The molecule has 0 N–H and O–H groups in total. The minimum atomic E-state index is -3.24. The third kappa shape index (κ3) is 3.05. The van der Waals surface area contributed by atoms with Gasteiger partial charge in [-0.05, 0) is 48.2 Å². The lowest BCUT2D eigenvalue weighted by Crippen LogP contribution is -2.22. The molecular formula is C20H18ClNO2S. The standard InChI is InChI=1S/C20H18ClNO2S/c1-25(23,24)16-7-8-19(22-13-16)18-12-20(9-2-10-20)11-17(18)14-3-5-15(21)6-4-14/h3-8,11-13H,2,9-10H2,1H3. The van der Waals surface area contributed by atoms with E-state index in [1.807, 2.05) is 24.3 Å². The first-order valence-corrected chi connectivity index (χ1v) is 10.5. The molecule has 1 heterocycles. The third-order valence-corrected chi connectivity index (χ3v) is 6.38. The first kappa shape index (κ1) is 16.6. The zero-order chi connectivity index (χ0) is 17.7. The largest absolute Gasteiger partial charge is 0.255 e. The van der Waals surface area contributed by atoms with Gasteiger partial charge in [0.1, 0.15) is 0 Å². The van der Waals surface area contributed by atoms with Gasteiger partial charge in [0, 0.05) is 28.5 Å². The fourth-order valence-corrected chi connectivity index (χ4v) is 4.17. The Kier molecular flexibility index (Phi) is 3.85. The SMILES string of the molecule is CS(=O)(=O)c1ccc(C2=CC3(C=C2c2ccc(Cl)cc2)CCC3)nc1. The lowest BCUT2D eigenvalue weighted by molar-refractivity contribution is 0.282. The van der Waals surface area contributed by atoms with Crippen LogP contribution in [0.2, 0.25) is 5.02 Å². The number of sulfone groups is 1. The highest BCUT2D eigenvalue weighted by Crippen LogP contribution is 2.53. The molecular weight excluding hydrogens is 354 g/mol. The van der Waals surface area contributed by atoms with Crippen LogP contribution in [0.1, 0.15) is 30.5 Å². The van der Waals surface area contributed by atoms with Crippen LogP contribution < -0.4 is 0 Å². The summed E-state index contributed by atoms with van der Waals surface area (Å²) in [6.45, 7) is 0. The molecule has 2 aromatic rings. The van der Waals surface area contributed by atoms with Gasteiger partial charge in [-0.3, -0.25) is 4.98 Å². The number of halogens is 1. The van der Waals surface area contributed by atoms with Crippen LogP contribution in [0.25, 0.3) is 11.1 Å². The molecule has 0 atom stereocenters. The second kappa shape index (κ2) is 5.82. The van der Waals surface area contributed by atoms with Crippen molar-refractivity contribution in [3.8, 4) is 0 Å². The van der Waals surface area contributed by atoms with Crippen LogP contribution in [0.15, 0.2) is 59.6 Å². The van der Waals surface area contributed by atoms with E-state index in [9.17, 15) is 8.42 Å². The normalized spacial score (nSPS) is 18.6. The Bertz CT molecular complexity index is 983. The molecule has 2 aliphatic carbocycles. The van der Waals surface area contributed by atoms with E-state index in [1.165, 1.54) is 18.9 Å². The second-order valence-corrected chi connectivity index (χ2v) is 9.31. The van der Waals surface area contributed by atoms with Crippen molar-refractivity contribution in [3.63, 3.8) is 0 Å². The number of pyridine rings is 1. The molecule has 1 spiro atoms. The van der Waals surface area contributed by atoms with Crippen LogP contribution in [0.3, 0.4) is 0 Å². The lowest BCUT2D eigenvalue weighted by Gasteiger charge is -2.34. The van der Waals surface area contributed by atoms with Gasteiger partial charge in [-0.15, -0.1) is 0 Å². The minimum Gasteiger partial charge on any atom is -0.255 e. The van der Waals surface area contributed by atoms with E-state index in [4.69, 9.17) is 11.6 Å². The molecule has 2 aliphatic rings. The Morgan fingerprint density at radius 1 is 1.00 bits per heavy atom. The molecule has 128 valence electrons. The van der Waals surface area contributed by atoms with Gasteiger partial charge in [-0.1, -0.05) is 42.3 Å². The Morgan fingerprint density at radius 2 is 1.68 bits per heavy atom. The van der Waals surface area contributed by atoms with E-state index in [-0.39, 0.29) is 10.3 Å². The molecule has 1 fully saturated rings. The smallest absolute Gasteiger partial charge is 0.177 e. The molecule has 5 heteroatoms. The van der Waals surface area contributed by atoms with Gasteiger partial charge in [0.2, 0.25) is 0 Å². The van der Waals surface area contributed by atoms with Crippen LogP contribution in [0.4, 0.5) is 0 Å². The van der Waals surface area contributed by atoms with Gasteiger partial charge in [0.15, 0.2) is 9.84 Å². The fraction of sp³-hybridized carbons (Fsp3) is 0.250. The zero-order valence-electron chi connectivity index (χ0n) is 13.9. The van der Waals surface area contributed by atoms with Crippen molar-refractivity contribution in [2.75, 3.05) is 6.26 Å².